The van der Waals surface area contributed by atoms with Gasteiger partial charge in [-0.1, -0.05) is 31.2 Å². The molecule has 0 aliphatic carbocycles. The Balaban J connectivity index is 1.99. The van der Waals surface area contributed by atoms with Crippen molar-refractivity contribution in [3.63, 3.8) is 0 Å². The number of rotatable bonds is 2. The van der Waals surface area contributed by atoms with Crippen molar-refractivity contribution in [2.24, 2.45) is 0 Å². The fourth-order valence-electron chi connectivity index (χ4n) is 2.42. The van der Waals surface area contributed by atoms with Gasteiger partial charge in [-0.15, -0.1) is 11.8 Å². The van der Waals surface area contributed by atoms with Crippen molar-refractivity contribution in [3.05, 3.63) is 53.6 Å². The lowest BCUT2D eigenvalue weighted by molar-refractivity contribution is 0.976. The molecule has 0 aromatic heterocycles. The van der Waals surface area contributed by atoms with Crippen LogP contribution in [0.2, 0.25) is 0 Å². The number of fused-ring (bicyclic) bond motifs is 2. The van der Waals surface area contributed by atoms with Crippen LogP contribution in [0.25, 0.3) is 0 Å². The molecule has 0 unspecified atom stereocenters. The van der Waals surface area contributed by atoms with E-state index in [1.165, 1.54) is 27.4 Å². The zero-order valence-electron chi connectivity index (χ0n) is 10.6. The zero-order chi connectivity index (χ0) is 12.4. The zero-order valence-corrected chi connectivity index (χ0v) is 11.4. The second-order valence-corrected chi connectivity index (χ2v) is 5.87. The second-order valence-electron chi connectivity index (χ2n) is 4.53. The van der Waals surface area contributed by atoms with Crippen LogP contribution in [0, 0.1) is 0 Å². The third-order valence-electron chi connectivity index (χ3n) is 3.34. The van der Waals surface area contributed by atoms with Crippen molar-refractivity contribution < 1.29 is 0 Å². The summed E-state index contributed by atoms with van der Waals surface area (Å²) in [6.45, 7) is 2.19. The average molecular weight is 255 g/mol. The van der Waals surface area contributed by atoms with Gasteiger partial charge in [0.25, 0.3) is 0 Å². The third-order valence-corrected chi connectivity index (χ3v) is 4.22. The average Bonchev–Trinajstić information content (AvgIpc) is 2.57. The van der Waals surface area contributed by atoms with Crippen LogP contribution in [0.3, 0.4) is 0 Å². The molecule has 18 heavy (non-hydrogen) atoms. The minimum Gasteiger partial charge on any atom is -0.355 e. The van der Waals surface area contributed by atoms with E-state index in [9.17, 15) is 0 Å². The lowest BCUT2D eigenvalue weighted by Crippen LogP contribution is -1.93. The van der Waals surface area contributed by atoms with E-state index >= 15 is 0 Å². The minimum atomic E-state index is 1.12. The highest BCUT2D eigenvalue weighted by molar-refractivity contribution is 7.99. The fourth-order valence-corrected chi connectivity index (χ4v) is 3.12. The molecule has 0 atom stereocenters. The van der Waals surface area contributed by atoms with Gasteiger partial charge in [-0.25, -0.2) is 0 Å². The molecule has 1 nitrogen and oxygen atoms in total. The maximum absolute atomic E-state index is 3.59. The molecule has 0 fully saturated rings. The first-order chi connectivity index (χ1) is 8.86. The van der Waals surface area contributed by atoms with Gasteiger partial charge >= 0.3 is 0 Å². The van der Waals surface area contributed by atoms with Crippen LogP contribution in [0.4, 0.5) is 11.4 Å². The van der Waals surface area contributed by atoms with E-state index in [2.05, 4.69) is 54.7 Å². The summed E-state index contributed by atoms with van der Waals surface area (Å²) in [5.74, 6) is 1.12. The van der Waals surface area contributed by atoms with Gasteiger partial charge in [-0.3, -0.25) is 0 Å². The Hall–Kier alpha value is -1.41. The summed E-state index contributed by atoms with van der Waals surface area (Å²) in [5.41, 5.74) is 5.37. The van der Waals surface area contributed by atoms with Gasteiger partial charge in [0.1, 0.15) is 0 Å². The molecular formula is C16H17NS. The van der Waals surface area contributed by atoms with E-state index in [-0.39, 0.29) is 0 Å². The second kappa shape index (κ2) is 5.07. The van der Waals surface area contributed by atoms with Gasteiger partial charge in [-0.05, 0) is 47.9 Å². The quantitative estimate of drug-likeness (QED) is 0.784. The van der Waals surface area contributed by atoms with Crippen molar-refractivity contribution in [2.75, 3.05) is 11.1 Å². The van der Waals surface area contributed by atoms with Crippen LogP contribution >= 0.6 is 11.8 Å². The summed E-state index contributed by atoms with van der Waals surface area (Å²) in [6, 6.07) is 15.4. The Morgan fingerprint density at radius 1 is 1.00 bits per heavy atom. The van der Waals surface area contributed by atoms with E-state index in [1.807, 2.05) is 11.8 Å². The summed E-state index contributed by atoms with van der Waals surface area (Å²) < 4.78 is 0. The summed E-state index contributed by atoms with van der Waals surface area (Å²) in [4.78, 5) is 1.35. The molecule has 0 spiro atoms. The Morgan fingerprint density at radius 2 is 1.78 bits per heavy atom. The number of para-hydroxylation sites is 1. The summed E-state index contributed by atoms with van der Waals surface area (Å²) in [6.07, 6.45) is 2.24. The molecule has 1 heterocycles. The Labute approximate surface area is 113 Å². The molecule has 0 bridgehead atoms. The van der Waals surface area contributed by atoms with E-state index < -0.39 is 0 Å². The molecule has 0 radical (unpaired) electrons. The number of anilines is 2. The van der Waals surface area contributed by atoms with Crippen LogP contribution in [0.15, 0.2) is 47.4 Å². The number of nitrogens with one attached hydrogen (secondary N) is 1. The molecule has 1 aliphatic rings. The topological polar surface area (TPSA) is 12.0 Å². The van der Waals surface area contributed by atoms with E-state index in [0.29, 0.717) is 0 Å². The Kier molecular flexibility index (Phi) is 3.28. The van der Waals surface area contributed by atoms with Crippen LogP contribution in [-0.4, -0.2) is 5.75 Å². The normalized spacial score (nSPS) is 13.2. The molecule has 2 heteroatoms. The summed E-state index contributed by atoms with van der Waals surface area (Å²) >= 11 is 1.90. The number of hydrogen-bond donors (Lipinski definition) is 1. The highest BCUT2D eigenvalue weighted by atomic mass is 32.2. The first kappa shape index (κ1) is 11.7. The largest absolute Gasteiger partial charge is 0.355 e. The van der Waals surface area contributed by atoms with Crippen molar-refractivity contribution in [2.45, 2.75) is 24.7 Å². The van der Waals surface area contributed by atoms with Gasteiger partial charge in [0.05, 0.1) is 0 Å². The minimum absolute atomic E-state index is 1.12. The third kappa shape index (κ3) is 2.25. The number of hydrogen-bond acceptors (Lipinski definition) is 2. The lowest BCUT2D eigenvalue weighted by atomic mass is 10.0. The van der Waals surface area contributed by atoms with Crippen molar-refractivity contribution >= 4 is 23.1 Å². The molecule has 0 saturated carbocycles. The Morgan fingerprint density at radius 3 is 2.61 bits per heavy atom. The molecule has 2 aromatic rings. The van der Waals surface area contributed by atoms with Crippen molar-refractivity contribution in [1.29, 1.82) is 0 Å². The van der Waals surface area contributed by atoms with Crippen LogP contribution < -0.4 is 5.32 Å². The van der Waals surface area contributed by atoms with Crippen molar-refractivity contribution in [3.8, 4) is 0 Å². The maximum atomic E-state index is 3.59. The van der Waals surface area contributed by atoms with E-state index in [1.54, 1.807) is 0 Å². The molecule has 0 saturated heterocycles. The molecule has 1 N–H and O–H groups in total. The maximum Gasteiger partial charge on any atom is 0.0428 e. The number of benzene rings is 2. The number of thioether (sulfide) groups is 1. The highest BCUT2D eigenvalue weighted by Crippen LogP contribution is 2.32. The summed E-state index contributed by atoms with van der Waals surface area (Å²) in [7, 11) is 0. The smallest absolute Gasteiger partial charge is 0.0428 e. The van der Waals surface area contributed by atoms with Gasteiger partial charge in [0, 0.05) is 16.3 Å². The molecule has 92 valence electrons. The van der Waals surface area contributed by atoms with Gasteiger partial charge in [0.15, 0.2) is 0 Å². The predicted octanol–water partition coefficient (Wildman–Crippen LogP) is 4.64. The van der Waals surface area contributed by atoms with Gasteiger partial charge in [0.2, 0.25) is 0 Å². The highest BCUT2D eigenvalue weighted by Gasteiger charge is 2.12. The summed E-state index contributed by atoms with van der Waals surface area (Å²) in [5, 5.41) is 3.59. The fraction of sp³-hybridized carbons (Fsp3) is 0.250. The Bertz CT molecular complexity index is 563. The number of aryl methyl sites for hydroxylation is 2. The molecule has 3 rings (SSSR count). The van der Waals surface area contributed by atoms with Gasteiger partial charge in [-0.2, -0.15) is 0 Å². The van der Waals surface area contributed by atoms with Gasteiger partial charge < -0.3 is 5.32 Å². The van der Waals surface area contributed by atoms with Crippen LogP contribution in [-0.2, 0) is 12.8 Å². The first-order valence-corrected chi connectivity index (χ1v) is 7.46. The van der Waals surface area contributed by atoms with E-state index in [4.69, 9.17) is 0 Å². The van der Waals surface area contributed by atoms with E-state index in [0.717, 1.165) is 18.6 Å². The monoisotopic (exact) mass is 255 g/mol. The molecule has 0 amide bonds. The van der Waals surface area contributed by atoms with Crippen LogP contribution in [0.1, 0.15) is 18.1 Å². The first-order valence-electron chi connectivity index (χ1n) is 6.47. The molecule has 1 aliphatic heterocycles. The standard InChI is InChI=1S/C16H17NS/c1-2-18-14-10-9-13-8-7-12-5-3-4-6-15(12)17-16(13)11-14/h3-6,9-11,17H,2,7-8H2,1H3. The molecule has 2 aromatic carbocycles. The predicted molar refractivity (Wildman–Crippen MR) is 80.0 cm³/mol. The lowest BCUT2D eigenvalue weighted by Gasteiger charge is -2.11. The SMILES string of the molecule is CCSc1ccc2c(c1)Nc1ccccc1CC2. The molecular weight excluding hydrogens is 238 g/mol. The van der Waals surface area contributed by atoms with Crippen LogP contribution in [0.5, 0.6) is 0 Å². The van der Waals surface area contributed by atoms with Crippen molar-refractivity contribution in [1.82, 2.24) is 0 Å².